The van der Waals surface area contributed by atoms with Crippen molar-refractivity contribution >= 4 is 15.7 Å². The second-order valence-electron chi connectivity index (χ2n) is 4.38. The number of sulfonamides is 1. The van der Waals surface area contributed by atoms with Gasteiger partial charge in [-0.05, 0) is 31.2 Å². The Morgan fingerprint density at radius 1 is 1.10 bits per heavy atom. The Balaban J connectivity index is 1.84. The minimum Gasteiger partial charge on any atom is -0.281 e. The van der Waals surface area contributed by atoms with Gasteiger partial charge in [-0.3, -0.25) is 14.9 Å². The highest BCUT2D eigenvalue weighted by Crippen LogP contribution is 2.20. The van der Waals surface area contributed by atoms with Gasteiger partial charge in [0.05, 0.1) is 11.9 Å². The average molecular weight is 304 g/mol. The van der Waals surface area contributed by atoms with Gasteiger partial charge < -0.3 is 0 Å². The van der Waals surface area contributed by atoms with Gasteiger partial charge in [0.15, 0.2) is 5.82 Å². The lowest BCUT2D eigenvalue weighted by molar-refractivity contribution is 0.600. The van der Waals surface area contributed by atoms with E-state index in [4.69, 9.17) is 0 Å². The SMILES string of the molecule is Cc1[nH]ncc1S(=O)(=O)Nc1ccc(-c2ncn[nH]2)cc1. The molecule has 2 heterocycles. The minimum absolute atomic E-state index is 0.127. The average Bonchev–Trinajstić information content (AvgIpc) is 3.10. The van der Waals surface area contributed by atoms with Crippen molar-refractivity contribution in [1.82, 2.24) is 25.4 Å². The molecular formula is C12H12N6O2S. The second-order valence-corrected chi connectivity index (χ2v) is 6.03. The van der Waals surface area contributed by atoms with Crippen molar-refractivity contribution < 1.29 is 8.42 Å². The Bertz CT molecular complexity index is 836. The zero-order valence-electron chi connectivity index (χ0n) is 11.0. The first kappa shape index (κ1) is 13.3. The summed E-state index contributed by atoms with van der Waals surface area (Å²) in [5, 5.41) is 12.8. The van der Waals surface area contributed by atoms with E-state index >= 15 is 0 Å². The summed E-state index contributed by atoms with van der Waals surface area (Å²) in [5.74, 6) is 0.620. The maximum absolute atomic E-state index is 12.2. The van der Waals surface area contributed by atoms with E-state index in [1.54, 1.807) is 31.2 Å². The van der Waals surface area contributed by atoms with Crippen molar-refractivity contribution in [3.8, 4) is 11.4 Å². The molecule has 3 N–H and O–H groups in total. The molecular weight excluding hydrogens is 292 g/mol. The van der Waals surface area contributed by atoms with Crippen LogP contribution in [0.5, 0.6) is 0 Å². The third kappa shape index (κ3) is 2.63. The highest BCUT2D eigenvalue weighted by atomic mass is 32.2. The highest BCUT2D eigenvalue weighted by molar-refractivity contribution is 7.92. The van der Waals surface area contributed by atoms with Crippen LogP contribution in [0, 0.1) is 6.92 Å². The van der Waals surface area contributed by atoms with Gasteiger partial charge in [0.1, 0.15) is 11.2 Å². The van der Waals surface area contributed by atoms with E-state index in [1.165, 1.54) is 12.5 Å². The summed E-state index contributed by atoms with van der Waals surface area (Å²) in [4.78, 5) is 4.15. The third-order valence-electron chi connectivity index (χ3n) is 2.90. The Labute approximate surface area is 120 Å². The molecule has 0 aliphatic heterocycles. The largest absolute Gasteiger partial charge is 0.281 e. The lowest BCUT2D eigenvalue weighted by Crippen LogP contribution is -2.13. The van der Waals surface area contributed by atoms with Crippen LogP contribution in [0.3, 0.4) is 0 Å². The minimum atomic E-state index is -3.65. The Morgan fingerprint density at radius 2 is 1.86 bits per heavy atom. The van der Waals surface area contributed by atoms with Gasteiger partial charge in [0.25, 0.3) is 10.0 Å². The third-order valence-corrected chi connectivity index (χ3v) is 4.39. The van der Waals surface area contributed by atoms with E-state index in [1.807, 2.05) is 0 Å². The summed E-state index contributed by atoms with van der Waals surface area (Å²) in [6.07, 6.45) is 2.69. The summed E-state index contributed by atoms with van der Waals surface area (Å²) in [5.41, 5.74) is 1.76. The Morgan fingerprint density at radius 3 is 2.43 bits per heavy atom. The summed E-state index contributed by atoms with van der Waals surface area (Å²) in [7, 11) is -3.65. The van der Waals surface area contributed by atoms with Gasteiger partial charge in [-0.1, -0.05) is 0 Å². The smallest absolute Gasteiger partial charge is 0.265 e. The number of anilines is 1. The molecule has 0 amide bonds. The molecule has 8 nitrogen and oxygen atoms in total. The number of aromatic amines is 2. The van der Waals surface area contributed by atoms with E-state index in [0.717, 1.165) is 5.56 Å². The fourth-order valence-corrected chi connectivity index (χ4v) is 3.06. The highest BCUT2D eigenvalue weighted by Gasteiger charge is 2.18. The Hall–Kier alpha value is -2.68. The normalized spacial score (nSPS) is 11.5. The molecule has 0 atom stereocenters. The number of benzene rings is 1. The zero-order valence-corrected chi connectivity index (χ0v) is 11.8. The molecule has 0 bridgehead atoms. The van der Waals surface area contributed by atoms with Crippen molar-refractivity contribution in [2.75, 3.05) is 4.72 Å². The predicted octanol–water partition coefficient (Wildman–Crippen LogP) is 1.30. The maximum Gasteiger partial charge on any atom is 0.265 e. The Kier molecular flexibility index (Phi) is 3.18. The van der Waals surface area contributed by atoms with E-state index in [2.05, 4.69) is 30.1 Å². The van der Waals surface area contributed by atoms with Gasteiger partial charge in [0, 0.05) is 11.3 Å². The number of rotatable bonds is 4. The topological polar surface area (TPSA) is 116 Å². The fraction of sp³-hybridized carbons (Fsp3) is 0.0833. The molecule has 9 heteroatoms. The van der Waals surface area contributed by atoms with E-state index in [0.29, 0.717) is 17.2 Å². The lowest BCUT2D eigenvalue weighted by atomic mass is 10.2. The molecule has 0 fully saturated rings. The summed E-state index contributed by atoms with van der Waals surface area (Å²) in [6.45, 7) is 1.65. The van der Waals surface area contributed by atoms with Crippen molar-refractivity contribution in [2.45, 2.75) is 11.8 Å². The number of nitrogens with one attached hydrogen (secondary N) is 3. The molecule has 2 aromatic heterocycles. The van der Waals surface area contributed by atoms with Gasteiger partial charge in [-0.25, -0.2) is 13.4 Å². The standard InChI is InChI=1S/C12H12N6O2S/c1-8-11(6-14-16-8)21(19,20)18-10-4-2-9(3-5-10)12-13-7-15-17-12/h2-7,18H,1H3,(H,14,16)(H,13,15,17). The van der Waals surface area contributed by atoms with Gasteiger partial charge in [-0.2, -0.15) is 10.2 Å². The molecule has 0 spiro atoms. The molecule has 3 rings (SSSR count). The second kappa shape index (κ2) is 5.02. The summed E-state index contributed by atoms with van der Waals surface area (Å²) < 4.78 is 26.9. The van der Waals surface area contributed by atoms with Crippen LogP contribution in [-0.2, 0) is 10.0 Å². The van der Waals surface area contributed by atoms with Crippen molar-refractivity contribution in [2.24, 2.45) is 0 Å². The molecule has 21 heavy (non-hydrogen) atoms. The van der Waals surface area contributed by atoms with Crippen LogP contribution in [0.2, 0.25) is 0 Å². The van der Waals surface area contributed by atoms with Gasteiger partial charge >= 0.3 is 0 Å². The molecule has 1 aromatic carbocycles. The number of nitrogens with zero attached hydrogens (tertiary/aromatic N) is 3. The molecule has 108 valence electrons. The van der Waals surface area contributed by atoms with E-state index in [-0.39, 0.29) is 4.90 Å². The number of H-pyrrole nitrogens is 2. The van der Waals surface area contributed by atoms with Crippen LogP contribution in [0.15, 0.2) is 41.7 Å². The first-order valence-corrected chi connectivity index (χ1v) is 7.53. The van der Waals surface area contributed by atoms with Crippen LogP contribution in [0.1, 0.15) is 5.69 Å². The first-order valence-electron chi connectivity index (χ1n) is 6.05. The zero-order chi connectivity index (χ0) is 14.9. The number of hydrogen-bond acceptors (Lipinski definition) is 5. The molecule has 0 saturated heterocycles. The number of hydrogen-bond donors (Lipinski definition) is 3. The molecule has 3 aromatic rings. The fourth-order valence-electron chi connectivity index (χ4n) is 1.86. The monoisotopic (exact) mass is 304 g/mol. The van der Waals surface area contributed by atoms with Crippen molar-refractivity contribution in [1.29, 1.82) is 0 Å². The molecule has 0 saturated carbocycles. The molecule has 0 aliphatic carbocycles. The molecule has 0 radical (unpaired) electrons. The van der Waals surface area contributed by atoms with Crippen LogP contribution in [0.4, 0.5) is 5.69 Å². The first-order chi connectivity index (χ1) is 10.1. The molecule has 0 unspecified atom stereocenters. The lowest BCUT2D eigenvalue weighted by Gasteiger charge is -2.07. The number of aromatic nitrogens is 5. The van der Waals surface area contributed by atoms with E-state index < -0.39 is 10.0 Å². The van der Waals surface area contributed by atoms with Crippen molar-refractivity contribution in [3.63, 3.8) is 0 Å². The van der Waals surface area contributed by atoms with Crippen LogP contribution in [-0.4, -0.2) is 33.8 Å². The van der Waals surface area contributed by atoms with Crippen molar-refractivity contribution in [3.05, 3.63) is 42.5 Å². The van der Waals surface area contributed by atoms with E-state index in [9.17, 15) is 8.42 Å². The number of aryl methyl sites for hydroxylation is 1. The molecule has 0 aliphatic rings. The summed E-state index contributed by atoms with van der Waals surface area (Å²) >= 11 is 0. The summed E-state index contributed by atoms with van der Waals surface area (Å²) in [6, 6.07) is 6.82. The van der Waals surface area contributed by atoms with Gasteiger partial charge in [0.2, 0.25) is 0 Å². The quantitative estimate of drug-likeness (QED) is 0.672. The van der Waals surface area contributed by atoms with Crippen LogP contribution >= 0.6 is 0 Å². The maximum atomic E-state index is 12.2. The van der Waals surface area contributed by atoms with Crippen LogP contribution in [0.25, 0.3) is 11.4 Å². The predicted molar refractivity (Wildman–Crippen MR) is 76.0 cm³/mol. The van der Waals surface area contributed by atoms with Gasteiger partial charge in [-0.15, -0.1) is 0 Å². The van der Waals surface area contributed by atoms with Crippen LogP contribution < -0.4 is 4.72 Å².